The van der Waals surface area contributed by atoms with Gasteiger partial charge < -0.3 is 4.90 Å². The molecule has 0 atom stereocenters. The smallest absolute Gasteiger partial charge is 0.330 e. The van der Waals surface area contributed by atoms with Gasteiger partial charge in [0.15, 0.2) is 0 Å². The summed E-state index contributed by atoms with van der Waals surface area (Å²) in [4.78, 5) is 12.9. The van der Waals surface area contributed by atoms with Crippen molar-refractivity contribution < 1.29 is 4.79 Å². The maximum atomic E-state index is 11.3. The highest BCUT2D eigenvalue weighted by atomic mass is 16.2. The van der Waals surface area contributed by atoms with Gasteiger partial charge in [-0.15, -0.1) is 0 Å². The van der Waals surface area contributed by atoms with E-state index in [0.29, 0.717) is 0 Å². The fraction of sp³-hybridized carbons (Fsp3) is 0.889. The summed E-state index contributed by atoms with van der Waals surface area (Å²) in [7, 11) is 3.51. The second-order valence-corrected chi connectivity index (χ2v) is 3.71. The predicted octanol–water partition coefficient (Wildman–Crippen LogP) is 1.05. The molecule has 0 saturated carbocycles. The van der Waals surface area contributed by atoms with Crippen molar-refractivity contribution in [3.05, 3.63) is 0 Å². The first-order valence-electron chi connectivity index (χ1n) is 4.93. The summed E-state index contributed by atoms with van der Waals surface area (Å²) in [6.07, 6.45) is 4.95. The van der Waals surface area contributed by atoms with Crippen LogP contribution in [0.4, 0.5) is 4.79 Å². The van der Waals surface area contributed by atoms with E-state index in [4.69, 9.17) is 0 Å². The van der Waals surface area contributed by atoms with E-state index in [-0.39, 0.29) is 6.03 Å². The molecule has 1 aliphatic rings. The Morgan fingerprint density at radius 1 is 1.15 bits per heavy atom. The minimum atomic E-state index is -0.0260. The average molecular weight is 185 g/mol. The number of carbonyl (C=O) groups excluding carboxylic acids is 1. The molecule has 1 rings (SSSR count). The fourth-order valence-electron chi connectivity index (χ4n) is 1.42. The third kappa shape index (κ3) is 3.63. The maximum Gasteiger partial charge on any atom is 0.331 e. The lowest BCUT2D eigenvalue weighted by Crippen LogP contribution is -2.47. The van der Waals surface area contributed by atoms with Crippen molar-refractivity contribution in [1.29, 1.82) is 0 Å². The highest BCUT2D eigenvalue weighted by molar-refractivity contribution is 5.72. The number of nitrogens with zero attached hydrogens (tertiary/aromatic N) is 2. The highest BCUT2D eigenvalue weighted by Gasteiger charge is 2.11. The first-order valence-corrected chi connectivity index (χ1v) is 4.93. The Hall–Kier alpha value is -0.770. The molecule has 1 fully saturated rings. The van der Waals surface area contributed by atoms with E-state index in [1.54, 1.807) is 19.0 Å². The van der Waals surface area contributed by atoms with Crippen LogP contribution in [0, 0.1) is 0 Å². The normalized spacial score (nSPS) is 19.2. The van der Waals surface area contributed by atoms with Crippen LogP contribution in [0.5, 0.6) is 0 Å². The molecule has 1 aliphatic heterocycles. The minimum Gasteiger partial charge on any atom is -0.330 e. The van der Waals surface area contributed by atoms with Gasteiger partial charge in [-0.25, -0.2) is 9.80 Å². The molecule has 1 heterocycles. The number of hydrogen-bond acceptors (Lipinski definition) is 2. The van der Waals surface area contributed by atoms with Gasteiger partial charge in [-0.1, -0.05) is 12.8 Å². The quantitative estimate of drug-likeness (QED) is 0.662. The molecule has 0 aromatic heterocycles. The number of amides is 2. The molecule has 4 heteroatoms. The minimum absolute atomic E-state index is 0.0260. The van der Waals surface area contributed by atoms with Crippen LogP contribution < -0.4 is 5.43 Å². The standard InChI is InChI=1S/C9H19N3O/c1-11(2)9(13)10-12-7-5-3-4-6-8-12/h3-8H2,1-2H3,(H,10,13). The summed E-state index contributed by atoms with van der Waals surface area (Å²) in [6.45, 7) is 1.97. The van der Waals surface area contributed by atoms with Gasteiger partial charge in [0.05, 0.1) is 0 Å². The third-order valence-corrected chi connectivity index (χ3v) is 2.27. The molecule has 0 bridgehead atoms. The van der Waals surface area contributed by atoms with Crippen molar-refractivity contribution >= 4 is 6.03 Å². The Kier molecular flexibility index (Phi) is 4.02. The van der Waals surface area contributed by atoms with Crippen LogP contribution in [0.3, 0.4) is 0 Å². The summed E-state index contributed by atoms with van der Waals surface area (Å²) in [5, 5.41) is 2.02. The maximum absolute atomic E-state index is 11.3. The van der Waals surface area contributed by atoms with Gasteiger partial charge in [0.2, 0.25) is 0 Å². The number of carbonyl (C=O) groups is 1. The zero-order chi connectivity index (χ0) is 9.68. The lowest BCUT2D eigenvalue weighted by Gasteiger charge is -2.23. The number of urea groups is 1. The van der Waals surface area contributed by atoms with Crippen LogP contribution in [-0.2, 0) is 0 Å². The molecular formula is C9H19N3O. The molecule has 0 aromatic rings. The van der Waals surface area contributed by atoms with Crippen molar-refractivity contribution in [2.24, 2.45) is 0 Å². The van der Waals surface area contributed by atoms with Gasteiger partial charge in [-0.3, -0.25) is 5.43 Å². The Labute approximate surface area is 79.9 Å². The summed E-state index contributed by atoms with van der Waals surface area (Å²) >= 11 is 0. The average Bonchev–Trinajstić information content (AvgIpc) is 2.32. The second kappa shape index (κ2) is 5.07. The van der Waals surface area contributed by atoms with E-state index in [0.717, 1.165) is 13.1 Å². The molecule has 0 radical (unpaired) electrons. The number of rotatable bonds is 1. The molecule has 1 saturated heterocycles. The number of hydrazine groups is 1. The van der Waals surface area contributed by atoms with Crippen LogP contribution >= 0.6 is 0 Å². The van der Waals surface area contributed by atoms with Gasteiger partial charge in [0, 0.05) is 27.2 Å². The van der Waals surface area contributed by atoms with Gasteiger partial charge in [-0.2, -0.15) is 0 Å². The SMILES string of the molecule is CN(C)C(=O)NN1CCCCCC1. The van der Waals surface area contributed by atoms with E-state index in [1.807, 2.05) is 5.01 Å². The Morgan fingerprint density at radius 3 is 2.15 bits per heavy atom. The van der Waals surface area contributed by atoms with Gasteiger partial charge in [0.25, 0.3) is 0 Å². The molecule has 4 nitrogen and oxygen atoms in total. The first kappa shape index (κ1) is 10.3. The topological polar surface area (TPSA) is 35.6 Å². The molecule has 13 heavy (non-hydrogen) atoms. The third-order valence-electron chi connectivity index (χ3n) is 2.27. The zero-order valence-electron chi connectivity index (χ0n) is 8.55. The van der Waals surface area contributed by atoms with Crippen LogP contribution in [0.2, 0.25) is 0 Å². The molecule has 0 spiro atoms. The molecule has 2 amide bonds. The van der Waals surface area contributed by atoms with E-state index >= 15 is 0 Å². The van der Waals surface area contributed by atoms with Crippen molar-refractivity contribution in [1.82, 2.24) is 15.3 Å². The molecule has 1 N–H and O–H groups in total. The molecule has 0 unspecified atom stereocenters. The summed E-state index contributed by atoms with van der Waals surface area (Å²) in [5.74, 6) is 0. The fourth-order valence-corrected chi connectivity index (χ4v) is 1.42. The van der Waals surface area contributed by atoms with E-state index in [9.17, 15) is 4.79 Å². The Morgan fingerprint density at radius 2 is 1.69 bits per heavy atom. The van der Waals surface area contributed by atoms with Gasteiger partial charge >= 0.3 is 6.03 Å². The number of hydrogen-bond donors (Lipinski definition) is 1. The van der Waals surface area contributed by atoms with Crippen LogP contribution in [0.15, 0.2) is 0 Å². The number of nitrogens with one attached hydrogen (secondary N) is 1. The van der Waals surface area contributed by atoms with Crippen molar-refractivity contribution in [2.45, 2.75) is 25.7 Å². The summed E-state index contributed by atoms with van der Waals surface area (Å²) in [6, 6.07) is -0.0260. The van der Waals surface area contributed by atoms with Gasteiger partial charge in [-0.05, 0) is 12.8 Å². The van der Waals surface area contributed by atoms with Gasteiger partial charge in [0.1, 0.15) is 0 Å². The highest BCUT2D eigenvalue weighted by Crippen LogP contribution is 2.07. The van der Waals surface area contributed by atoms with Crippen LogP contribution in [0.1, 0.15) is 25.7 Å². The van der Waals surface area contributed by atoms with E-state index < -0.39 is 0 Å². The second-order valence-electron chi connectivity index (χ2n) is 3.71. The van der Waals surface area contributed by atoms with Crippen molar-refractivity contribution in [3.63, 3.8) is 0 Å². The first-order chi connectivity index (χ1) is 6.20. The summed E-state index contributed by atoms with van der Waals surface area (Å²) < 4.78 is 0. The predicted molar refractivity (Wildman–Crippen MR) is 52.3 cm³/mol. The monoisotopic (exact) mass is 185 g/mol. The molecule has 0 aromatic carbocycles. The van der Waals surface area contributed by atoms with Crippen molar-refractivity contribution in [3.8, 4) is 0 Å². The molecule has 76 valence electrons. The van der Waals surface area contributed by atoms with Crippen molar-refractivity contribution in [2.75, 3.05) is 27.2 Å². The Balaban J connectivity index is 2.29. The largest absolute Gasteiger partial charge is 0.331 e. The Bertz CT molecular complexity index is 162. The van der Waals surface area contributed by atoms with E-state index in [2.05, 4.69) is 5.43 Å². The van der Waals surface area contributed by atoms with Crippen LogP contribution in [0.25, 0.3) is 0 Å². The molecular weight excluding hydrogens is 166 g/mol. The van der Waals surface area contributed by atoms with E-state index in [1.165, 1.54) is 25.7 Å². The summed E-state index contributed by atoms with van der Waals surface area (Å²) in [5.41, 5.74) is 2.88. The lowest BCUT2D eigenvalue weighted by atomic mass is 10.2. The lowest BCUT2D eigenvalue weighted by molar-refractivity contribution is 0.161. The zero-order valence-corrected chi connectivity index (χ0v) is 8.55. The molecule has 0 aliphatic carbocycles. The van der Waals surface area contributed by atoms with Crippen LogP contribution in [-0.4, -0.2) is 43.1 Å².